The molecule has 0 spiro atoms. The Morgan fingerprint density at radius 1 is 1.16 bits per heavy atom. The topological polar surface area (TPSA) is 121 Å². The number of nitriles is 1. The molecule has 8 nitrogen and oxygen atoms in total. The first kappa shape index (κ1) is 21.2. The number of thiazole rings is 1. The molecular formula is C23H19N5O3S. The van der Waals surface area contributed by atoms with Crippen molar-refractivity contribution in [2.24, 2.45) is 5.41 Å². The molecule has 0 amide bonds. The van der Waals surface area contributed by atoms with Crippen molar-refractivity contribution in [1.29, 1.82) is 5.26 Å². The van der Waals surface area contributed by atoms with E-state index in [1.807, 2.05) is 36.4 Å². The third kappa shape index (κ3) is 4.66. The quantitative estimate of drug-likeness (QED) is 0.414. The van der Waals surface area contributed by atoms with Crippen molar-refractivity contribution >= 4 is 38.3 Å². The second-order valence-electron chi connectivity index (χ2n) is 7.75. The number of rotatable bonds is 7. The maximum atomic E-state index is 11.2. The van der Waals surface area contributed by atoms with Gasteiger partial charge in [-0.3, -0.25) is 4.79 Å². The monoisotopic (exact) mass is 445 g/mol. The molecule has 2 heterocycles. The van der Waals surface area contributed by atoms with Crippen LogP contribution in [0.25, 0.3) is 21.3 Å². The van der Waals surface area contributed by atoms with Crippen molar-refractivity contribution in [2.75, 3.05) is 11.9 Å². The first-order valence-electron chi connectivity index (χ1n) is 9.70. The summed E-state index contributed by atoms with van der Waals surface area (Å²) in [5.74, 6) is -0.944. The second-order valence-corrected chi connectivity index (χ2v) is 8.78. The van der Waals surface area contributed by atoms with Gasteiger partial charge in [-0.05, 0) is 49.7 Å². The number of ether oxygens (including phenoxy) is 1. The molecule has 4 rings (SSSR count). The minimum absolute atomic E-state index is 0.0222. The number of aromatic nitrogens is 3. The first-order chi connectivity index (χ1) is 15.3. The SMILES string of the molecule is CC(C)(COc1ncc(-c2ccc(Nc3nc4ccc(C#N)cc4s3)cc2)cn1)C(=O)O. The lowest BCUT2D eigenvalue weighted by molar-refractivity contribution is -0.148. The lowest BCUT2D eigenvalue weighted by atomic mass is 9.95. The van der Waals surface area contributed by atoms with E-state index in [0.29, 0.717) is 5.56 Å². The summed E-state index contributed by atoms with van der Waals surface area (Å²) < 4.78 is 6.36. The van der Waals surface area contributed by atoms with Crippen LogP contribution < -0.4 is 10.1 Å². The Morgan fingerprint density at radius 3 is 2.53 bits per heavy atom. The van der Waals surface area contributed by atoms with Crippen LogP contribution in [0.4, 0.5) is 10.8 Å². The average Bonchev–Trinajstić information content (AvgIpc) is 3.20. The third-order valence-electron chi connectivity index (χ3n) is 4.76. The summed E-state index contributed by atoms with van der Waals surface area (Å²) in [4.78, 5) is 24.0. The molecule has 0 aliphatic heterocycles. The van der Waals surface area contributed by atoms with E-state index in [4.69, 9.17) is 15.1 Å². The molecule has 2 N–H and O–H groups in total. The van der Waals surface area contributed by atoms with Crippen molar-refractivity contribution in [3.8, 4) is 23.2 Å². The number of nitrogens with one attached hydrogen (secondary N) is 1. The van der Waals surface area contributed by atoms with Gasteiger partial charge in [0.15, 0.2) is 5.13 Å². The first-order valence-corrected chi connectivity index (χ1v) is 10.5. The van der Waals surface area contributed by atoms with Crippen molar-refractivity contribution in [3.63, 3.8) is 0 Å². The number of nitrogens with zero attached hydrogens (tertiary/aromatic N) is 4. The van der Waals surface area contributed by atoms with E-state index in [-0.39, 0.29) is 12.6 Å². The minimum atomic E-state index is -1.02. The van der Waals surface area contributed by atoms with Crippen LogP contribution in [0.2, 0.25) is 0 Å². The summed E-state index contributed by atoms with van der Waals surface area (Å²) in [5.41, 5.74) is 3.05. The number of aliphatic carboxylic acids is 1. The van der Waals surface area contributed by atoms with Gasteiger partial charge in [-0.2, -0.15) is 5.26 Å². The smallest absolute Gasteiger partial charge is 0.316 e. The summed E-state index contributed by atoms with van der Waals surface area (Å²) >= 11 is 1.49. The van der Waals surface area contributed by atoms with E-state index in [2.05, 4.69) is 26.3 Å². The van der Waals surface area contributed by atoms with E-state index in [1.165, 1.54) is 11.3 Å². The fraction of sp³-hybridized carbons (Fsp3) is 0.174. The summed E-state index contributed by atoms with van der Waals surface area (Å²) in [5, 5.41) is 22.2. The Labute approximate surface area is 188 Å². The Hall–Kier alpha value is -4.03. The number of hydrogen-bond acceptors (Lipinski definition) is 8. The van der Waals surface area contributed by atoms with Crippen LogP contribution >= 0.6 is 11.3 Å². The van der Waals surface area contributed by atoms with Gasteiger partial charge >= 0.3 is 12.0 Å². The van der Waals surface area contributed by atoms with Crippen LogP contribution in [-0.2, 0) is 4.79 Å². The minimum Gasteiger partial charge on any atom is -0.481 e. The maximum Gasteiger partial charge on any atom is 0.316 e. The molecule has 4 aromatic rings. The van der Waals surface area contributed by atoms with Gasteiger partial charge < -0.3 is 15.2 Å². The van der Waals surface area contributed by atoms with Crippen molar-refractivity contribution < 1.29 is 14.6 Å². The summed E-state index contributed by atoms with van der Waals surface area (Å²) in [6, 6.07) is 15.4. The molecule has 0 unspecified atom stereocenters. The molecule has 0 radical (unpaired) electrons. The zero-order chi connectivity index (χ0) is 22.7. The molecule has 2 aromatic carbocycles. The van der Waals surface area contributed by atoms with E-state index in [9.17, 15) is 4.79 Å². The number of fused-ring (bicyclic) bond motifs is 1. The predicted molar refractivity (Wildman–Crippen MR) is 122 cm³/mol. The van der Waals surface area contributed by atoms with Crippen LogP contribution in [0.5, 0.6) is 6.01 Å². The normalized spacial score (nSPS) is 11.2. The number of benzene rings is 2. The van der Waals surface area contributed by atoms with Crippen molar-refractivity contribution in [3.05, 3.63) is 60.4 Å². The van der Waals surface area contributed by atoms with Crippen molar-refractivity contribution in [2.45, 2.75) is 13.8 Å². The molecular weight excluding hydrogens is 426 g/mol. The molecule has 0 aliphatic rings. The number of hydrogen-bond donors (Lipinski definition) is 2. The second kappa shape index (κ2) is 8.61. The summed E-state index contributed by atoms with van der Waals surface area (Å²) in [6.45, 7) is 3.14. The molecule has 0 aliphatic carbocycles. The fourth-order valence-electron chi connectivity index (χ4n) is 2.76. The van der Waals surface area contributed by atoms with Crippen LogP contribution in [0.3, 0.4) is 0 Å². The lowest BCUT2D eigenvalue weighted by Gasteiger charge is -2.18. The lowest BCUT2D eigenvalue weighted by Crippen LogP contribution is -2.31. The van der Waals surface area contributed by atoms with Crippen LogP contribution in [0.1, 0.15) is 19.4 Å². The Bertz CT molecular complexity index is 1310. The number of carbonyl (C=O) groups is 1. The molecule has 9 heteroatoms. The van der Waals surface area contributed by atoms with E-state index in [1.54, 1.807) is 32.3 Å². The average molecular weight is 446 g/mol. The Kier molecular flexibility index (Phi) is 5.71. The molecule has 32 heavy (non-hydrogen) atoms. The van der Waals surface area contributed by atoms with E-state index < -0.39 is 11.4 Å². The highest BCUT2D eigenvalue weighted by molar-refractivity contribution is 7.22. The van der Waals surface area contributed by atoms with Crippen LogP contribution in [-0.4, -0.2) is 32.6 Å². The van der Waals surface area contributed by atoms with Gasteiger partial charge in [0.05, 0.1) is 27.3 Å². The van der Waals surface area contributed by atoms with Gasteiger partial charge in [0, 0.05) is 23.6 Å². The number of carboxylic acid groups (broad SMARTS) is 1. The van der Waals surface area contributed by atoms with Crippen LogP contribution in [0.15, 0.2) is 54.9 Å². The number of carboxylic acids is 1. The molecule has 0 saturated heterocycles. The van der Waals surface area contributed by atoms with Gasteiger partial charge in [-0.15, -0.1) is 0 Å². The largest absolute Gasteiger partial charge is 0.481 e. The van der Waals surface area contributed by atoms with Crippen LogP contribution in [0, 0.1) is 16.7 Å². The van der Waals surface area contributed by atoms with E-state index in [0.717, 1.165) is 32.2 Å². The summed E-state index contributed by atoms with van der Waals surface area (Å²) in [7, 11) is 0. The molecule has 0 atom stereocenters. The fourth-order valence-corrected chi connectivity index (χ4v) is 3.69. The predicted octanol–water partition coefficient (Wildman–Crippen LogP) is 4.86. The zero-order valence-electron chi connectivity index (χ0n) is 17.4. The highest BCUT2D eigenvalue weighted by atomic mass is 32.1. The maximum absolute atomic E-state index is 11.2. The van der Waals surface area contributed by atoms with Gasteiger partial charge in [-0.1, -0.05) is 23.5 Å². The highest BCUT2D eigenvalue weighted by Gasteiger charge is 2.28. The van der Waals surface area contributed by atoms with Gasteiger partial charge in [0.1, 0.15) is 6.61 Å². The molecule has 0 bridgehead atoms. The Morgan fingerprint density at radius 2 is 1.88 bits per heavy atom. The third-order valence-corrected chi connectivity index (χ3v) is 5.69. The van der Waals surface area contributed by atoms with Gasteiger partial charge in [0.2, 0.25) is 0 Å². The van der Waals surface area contributed by atoms with Gasteiger partial charge in [0.25, 0.3) is 0 Å². The van der Waals surface area contributed by atoms with Gasteiger partial charge in [-0.25, -0.2) is 15.0 Å². The molecule has 0 saturated carbocycles. The molecule has 2 aromatic heterocycles. The summed E-state index contributed by atoms with van der Waals surface area (Å²) in [6.07, 6.45) is 3.28. The van der Waals surface area contributed by atoms with Crippen molar-refractivity contribution in [1.82, 2.24) is 15.0 Å². The molecule has 160 valence electrons. The highest BCUT2D eigenvalue weighted by Crippen LogP contribution is 2.30. The Balaban J connectivity index is 1.42. The van der Waals surface area contributed by atoms with E-state index >= 15 is 0 Å². The number of anilines is 2. The standard InChI is InChI=1S/C23H19N5O3S/c1-23(2,20(29)30)13-31-21-25-11-16(12-26-21)15-4-6-17(7-5-15)27-22-28-18-8-3-14(10-24)9-19(18)32-22/h3-9,11-12H,13H2,1-2H3,(H,27,28)(H,29,30). The molecule has 0 fully saturated rings. The zero-order valence-corrected chi connectivity index (χ0v) is 18.2.